The maximum absolute atomic E-state index is 12.1. The highest BCUT2D eigenvalue weighted by Crippen LogP contribution is 2.33. The first-order valence-corrected chi connectivity index (χ1v) is 7.18. The average molecular weight is 337 g/mol. The van der Waals surface area contributed by atoms with Crippen LogP contribution in [0.3, 0.4) is 0 Å². The molecule has 0 unspecified atom stereocenters. The highest BCUT2D eigenvalue weighted by Gasteiger charge is 2.19. The maximum Gasteiger partial charge on any atom is 0.341 e. The van der Waals surface area contributed by atoms with Crippen LogP contribution in [0.2, 0.25) is 0 Å². The minimum atomic E-state index is -0.344. The molecule has 2 rings (SSSR count). The molecular formula is C15H17BrN2O2. The van der Waals surface area contributed by atoms with Gasteiger partial charge in [-0.25, -0.2) is 4.79 Å². The number of aromatic nitrogens is 1. The normalized spacial score (nSPS) is 10.7. The minimum Gasteiger partial charge on any atom is -0.462 e. The summed E-state index contributed by atoms with van der Waals surface area (Å²) in [5.41, 5.74) is 3.27. The summed E-state index contributed by atoms with van der Waals surface area (Å²) in [5.74, 6) is -0.344. The van der Waals surface area contributed by atoms with Crippen molar-refractivity contribution in [1.82, 2.24) is 4.98 Å². The molecule has 0 radical (unpaired) electrons. The zero-order valence-corrected chi connectivity index (χ0v) is 13.6. The summed E-state index contributed by atoms with van der Waals surface area (Å²) in [6.45, 7) is 4.16. The van der Waals surface area contributed by atoms with E-state index in [0.29, 0.717) is 12.2 Å². The highest BCUT2D eigenvalue weighted by molar-refractivity contribution is 9.10. The molecule has 1 aromatic heterocycles. The van der Waals surface area contributed by atoms with Gasteiger partial charge in [-0.1, -0.05) is 0 Å². The fraction of sp³-hybridized carbons (Fsp3) is 0.333. The van der Waals surface area contributed by atoms with Crippen LogP contribution >= 0.6 is 15.9 Å². The van der Waals surface area contributed by atoms with Crippen molar-refractivity contribution in [3.63, 3.8) is 0 Å². The second kappa shape index (κ2) is 5.79. The van der Waals surface area contributed by atoms with E-state index in [1.807, 2.05) is 38.1 Å². The molecule has 0 aliphatic heterocycles. The summed E-state index contributed by atoms with van der Waals surface area (Å²) in [6.07, 6.45) is 1.58. The SMILES string of the molecule is CCOC(=O)c1cnc2c(Br)cc(C)cc2c1N(C)C. The van der Waals surface area contributed by atoms with Crippen molar-refractivity contribution in [1.29, 1.82) is 0 Å². The summed E-state index contributed by atoms with van der Waals surface area (Å²) in [7, 11) is 3.82. The molecule has 0 saturated heterocycles. The predicted octanol–water partition coefficient (Wildman–Crippen LogP) is 3.55. The smallest absolute Gasteiger partial charge is 0.341 e. The van der Waals surface area contributed by atoms with Gasteiger partial charge in [-0.05, 0) is 47.5 Å². The van der Waals surface area contributed by atoms with Crippen molar-refractivity contribution in [2.45, 2.75) is 13.8 Å². The van der Waals surface area contributed by atoms with Crippen molar-refractivity contribution in [2.75, 3.05) is 25.6 Å². The van der Waals surface area contributed by atoms with Crippen LogP contribution < -0.4 is 4.90 Å². The van der Waals surface area contributed by atoms with Crippen LogP contribution in [-0.2, 0) is 4.74 Å². The van der Waals surface area contributed by atoms with Crippen molar-refractivity contribution in [3.05, 3.63) is 33.9 Å². The van der Waals surface area contributed by atoms with Crippen LogP contribution in [0.15, 0.2) is 22.8 Å². The Kier molecular flexibility index (Phi) is 4.28. The molecule has 0 spiro atoms. The topological polar surface area (TPSA) is 42.4 Å². The van der Waals surface area contributed by atoms with E-state index in [2.05, 4.69) is 20.9 Å². The molecule has 5 heteroatoms. The molecule has 1 heterocycles. The van der Waals surface area contributed by atoms with Crippen LogP contribution in [0.5, 0.6) is 0 Å². The molecule has 2 aromatic rings. The lowest BCUT2D eigenvalue weighted by molar-refractivity contribution is 0.0527. The molecule has 106 valence electrons. The molecule has 0 aliphatic rings. The lowest BCUT2D eigenvalue weighted by Crippen LogP contribution is -2.16. The van der Waals surface area contributed by atoms with Gasteiger partial charge in [0.15, 0.2) is 0 Å². The lowest BCUT2D eigenvalue weighted by atomic mass is 10.1. The fourth-order valence-corrected chi connectivity index (χ4v) is 2.90. The molecule has 4 nitrogen and oxygen atoms in total. The van der Waals surface area contributed by atoms with E-state index in [-0.39, 0.29) is 5.97 Å². The number of pyridine rings is 1. The number of esters is 1. The Morgan fingerprint density at radius 3 is 2.70 bits per heavy atom. The fourth-order valence-electron chi connectivity index (χ4n) is 2.22. The molecular weight excluding hydrogens is 320 g/mol. The number of fused-ring (bicyclic) bond motifs is 1. The van der Waals surface area contributed by atoms with E-state index in [0.717, 1.165) is 26.6 Å². The molecule has 0 fully saturated rings. The number of rotatable bonds is 3. The van der Waals surface area contributed by atoms with Crippen molar-refractivity contribution in [2.24, 2.45) is 0 Å². The summed E-state index contributed by atoms with van der Waals surface area (Å²) >= 11 is 3.53. The first-order chi connectivity index (χ1) is 9.45. The van der Waals surface area contributed by atoms with Gasteiger partial charge in [-0.3, -0.25) is 4.98 Å². The van der Waals surface area contributed by atoms with Gasteiger partial charge in [0.1, 0.15) is 5.56 Å². The number of carbonyl (C=O) groups excluding carboxylic acids is 1. The molecule has 0 bridgehead atoms. The monoisotopic (exact) mass is 336 g/mol. The minimum absolute atomic E-state index is 0.344. The van der Waals surface area contributed by atoms with Gasteiger partial charge in [0.2, 0.25) is 0 Å². The van der Waals surface area contributed by atoms with Crippen LogP contribution in [-0.4, -0.2) is 31.7 Å². The number of ether oxygens (including phenoxy) is 1. The molecule has 0 saturated carbocycles. The van der Waals surface area contributed by atoms with Gasteiger partial charge in [0, 0.05) is 30.2 Å². The largest absolute Gasteiger partial charge is 0.462 e. The standard InChI is InChI=1S/C15H17BrN2O2/c1-5-20-15(19)11-8-17-13-10(14(11)18(3)4)6-9(2)7-12(13)16/h6-8H,5H2,1-4H3. The van der Waals surface area contributed by atoms with Crippen LogP contribution in [0.25, 0.3) is 10.9 Å². The second-order valence-electron chi connectivity index (χ2n) is 4.78. The van der Waals surface area contributed by atoms with Gasteiger partial charge in [0.25, 0.3) is 0 Å². The molecule has 0 N–H and O–H groups in total. The molecule has 0 aliphatic carbocycles. The van der Waals surface area contributed by atoms with E-state index in [9.17, 15) is 4.79 Å². The second-order valence-corrected chi connectivity index (χ2v) is 5.63. The van der Waals surface area contributed by atoms with E-state index in [4.69, 9.17) is 4.74 Å². The lowest BCUT2D eigenvalue weighted by Gasteiger charge is -2.19. The van der Waals surface area contributed by atoms with Gasteiger partial charge in [-0.2, -0.15) is 0 Å². The zero-order valence-electron chi connectivity index (χ0n) is 12.0. The highest BCUT2D eigenvalue weighted by atomic mass is 79.9. The summed E-state index contributed by atoms with van der Waals surface area (Å²) in [4.78, 5) is 18.4. The third-order valence-corrected chi connectivity index (χ3v) is 3.59. The number of nitrogens with zero attached hydrogens (tertiary/aromatic N) is 2. The third-order valence-electron chi connectivity index (χ3n) is 2.98. The van der Waals surface area contributed by atoms with E-state index in [1.54, 1.807) is 13.1 Å². The first kappa shape index (κ1) is 14.8. The zero-order chi connectivity index (χ0) is 14.9. The number of benzene rings is 1. The Bertz CT molecular complexity index is 668. The molecule has 0 atom stereocenters. The maximum atomic E-state index is 12.1. The van der Waals surface area contributed by atoms with Gasteiger partial charge < -0.3 is 9.64 Å². The van der Waals surface area contributed by atoms with Crippen LogP contribution in [0.1, 0.15) is 22.8 Å². The number of carbonyl (C=O) groups is 1. The van der Waals surface area contributed by atoms with Crippen molar-refractivity contribution >= 4 is 38.5 Å². The Hall–Kier alpha value is -1.62. The Morgan fingerprint density at radius 2 is 2.10 bits per heavy atom. The Labute approximate surface area is 126 Å². The Balaban J connectivity index is 2.78. The number of hydrogen-bond acceptors (Lipinski definition) is 4. The van der Waals surface area contributed by atoms with Crippen LogP contribution in [0.4, 0.5) is 5.69 Å². The molecule has 20 heavy (non-hydrogen) atoms. The predicted molar refractivity (Wildman–Crippen MR) is 84.5 cm³/mol. The van der Waals surface area contributed by atoms with Gasteiger partial charge in [-0.15, -0.1) is 0 Å². The third kappa shape index (κ3) is 2.63. The number of anilines is 1. The average Bonchev–Trinajstić information content (AvgIpc) is 2.37. The number of halogens is 1. The summed E-state index contributed by atoms with van der Waals surface area (Å²) in [5, 5.41) is 0.937. The molecule has 1 aromatic carbocycles. The van der Waals surface area contributed by atoms with Crippen LogP contribution in [0, 0.1) is 6.92 Å². The number of aryl methyl sites for hydroxylation is 1. The molecule has 0 amide bonds. The van der Waals surface area contributed by atoms with Gasteiger partial charge in [0.05, 0.1) is 17.8 Å². The summed E-state index contributed by atoms with van der Waals surface area (Å²) < 4.78 is 6.03. The van der Waals surface area contributed by atoms with E-state index in [1.165, 1.54) is 0 Å². The van der Waals surface area contributed by atoms with Gasteiger partial charge >= 0.3 is 5.97 Å². The quantitative estimate of drug-likeness (QED) is 0.804. The summed E-state index contributed by atoms with van der Waals surface area (Å²) in [6, 6.07) is 4.05. The Morgan fingerprint density at radius 1 is 1.40 bits per heavy atom. The first-order valence-electron chi connectivity index (χ1n) is 6.39. The van der Waals surface area contributed by atoms with E-state index >= 15 is 0 Å². The number of hydrogen-bond donors (Lipinski definition) is 0. The van der Waals surface area contributed by atoms with Crippen molar-refractivity contribution in [3.8, 4) is 0 Å². The van der Waals surface area contributed by atoms with E-state index < -0.39 is 0 Å². The van der Waals surface area contributed by atoms with Crippen molar-refractivity contribution < 1.29 is 9.53 Å².